The van der Waals surface area contributed by atoms with Gasteiger partial charge in [-0.05, 0) is 70.6 Å². The topological polar surface area (TPSA) is 55.8 Å². The van der Waals surface area contributed by atoms with Crippen molar-refractivity contribution < 1.29 is 19.4 Å². The maximum absolute atomic E-state index is 12.0. The van der Waals surface area contributed by atoms with E-state index in [-0.39, 0.29) is 25.6 Å². The van der Waals surface area contributed by atoms with E-state index in [1.165, 1.54) is 12.8 Å². The summed E-state index contributed by atoms with van der Waals surface area (Å²) in [6, 6.07) is 0. The van der Waals surface area contributed by atoms with E-state index in [2.05, 4.69) is 98.9 Å². The third-order valence-corrected chi connectivity index (χ3v) is 5.94. The average molecular weight is 567 g/mol. The molecule has 4 nitrogen and oxygen atoms in total. The van der Waals surface area contributed by atoms with E-state index >= 15 is 0 Å². The van der Waals surface area contributed by atoms with Crippen LogP contribution in [0, 0.1) is 0 Å². The lowest BCUT2D eigenvalue weighted by molar-refractivity contribution is -0.153. The molecule has 4 heteroatoms. The van der Waals surface area contributed by atoms with Crippen LogP contribution in [0.5, 0.6) is 0 Å². The molecule has 0 spiro atoms. The molecule has 0 saturated carbocycles. The summed E-state index contributed by atoms with van der Waals surface area (Å²) in [6.45, 7) is 4.92. The summed E-state index contributed by atoms with van der Waals surface area (Å²) >= 11 is 0. The van der Waals surface area contributed by atoms with Gasteiger partial charge in [-0.25, -0.2) is 0 Å². The Hall–Kier alpha value is -2.69. The summed E-state index contributed by atoms with van der Waals surface area (Å²) in [5.74, 6) is -0.342. The Labute approximate surface area is 252 Å². The number of allylic oxidation sites excluding steroid dienone is 15. The highest BCUT2D eigenvalue weighted by atomic mass is 16.6. The van der Waals surface area contributed by atoms with Crippen LogP contribution in [-0.4, -0.2) is 37.0 Å². The van der Waals surface area contributed by atoms with Crippen molar-refractivity contribution >= 4 is 5.97 Å². The highest BCUT2D eigenvalue weighted by Gasteiger charge is 2.12. The molecule has 230 valence electrons. The van der Waals surface area contributed by atoms with E-state index in [1.54, 1.807) is 0 Å². The SMILES string of the molecule is CC/C=C\C/C=C\C/C=C\C/C=C\C/C=C\CC(=O)OC(CO)COCCCCCC/C=C\C/C=C\C/C=C\CC. The van der Waals surface area contributed by atoms with Crippen molar-refractivity contribution in [3.05, 3.63) is 97.2 Å². The molecule has 1 unspecified atom stereocenters. The molecule has 0 aromatic carbocycles. The van der Waals surface area contributed by atoms with Gasteiger partial charge in [0.2, 0.25) is 0 Å². The number of esters is 1. The Kier molecular flexibility index (Phi) is 31.3. The van der Waals surface area contributed by atoms with Crippen LogP contribution < -0.4 is 0 Å². The zero-order valence-electron chi connectivity index (χ0n) is 26.0. The van der Waals surface area contributed by atoms with Crippen LogP contribution in [0.4, 0.5) is 0 Å². The second kappa shape index (κ2) is 33.5. The molecule has 0 amide bonds. The monoisotopic (exact) mass is 566 g/mol. The molecular formula is C37H58O4. The Bertz CT molecular complexity index is 811. The number of carbonyl (C=O) groups is 1. The summed E-state index contributed by atoms with van der Waals surface area (Å²) < 4.78 is 10.9. The highest BCUT2D eigenvalue weighted by Crippen LogP contribution is 2.06. The first-order valence-corrected chi connectivity index (χ1v) is 15.8. The van der Waals surface area contributed by atoms with Gasteiger partial charge in [0.1, 0.15) is 6.10 Å². The second-order valence-corrected chi connectivity index (χ2v) is 9.78. The number of carbonyl (C=O) groups excluding carboxylic acids is 1. The Balaban J connectivity index is 3.71. The lowest BCUT2D eigenvalue weighted by Crippen LogP contribution is -2.27. The first-order chi connectivity index (χ1) is 20.2. The van der Waals surface area contributed by atoms with Gasteiger partial charge in [0, 0.05) is 6.61 Å². The third-order valence-electron chi connectivity index (χ3n) is 5.94. The molecule has 0 aliphatic carbocycles. The molecule has 0 bridgehead atoms. The van der Waals surface area contributed by atoms with Crippen molar-refractivity contribution in [2.45, 2.75) is 110 Å². The van der Waals surface area contributed by atoms with Crippen molar-refractivity contribution in [1.82, 2.24) is 0 Å². The van der Waals surface area contributed by atoms with Crippen molar-refractivity contribution in [3.63, 3.8) is 0 Å². The standard InChI is InChI=1S/C37H58O4/c1-3-5-7-9-11-13-15-17-19-20-22-24-26-28-30-32-37(39)41-36(34-38)35-40-33-31-29-27-25-23-21-18-16-14-12-10-8-6-4-2/h5-8,11-14,17-19,21-22,24,28,30,36,38H,3-4,9-10,15-16,20,23,25-27,29,31-35H2,1-2H3/b7-5-,8-6-,13-11-,14-12-,19-17-,21-18-,24-22-,30-28-. The van der Waals surface area contributed by atoms with Crippen molar-refractivity contribution in [2.24, 2.45) is 0 Å². The quantitative estimate of drug-likeness (QED) is 0.0611. The normalized spacial score (nSPS) is 13.7. The van der Waals surface area contributed by atoms with Crippen molar-refractivity contribution in [3.8, 4) is 0 Å². The predicted molar refractivity (Wildman–Crippen MR) is 177 cm³/mol. The maximum Gasteiger partial charge on any atom is 0.310 e. The minimum Gasteiger partial charge on any atom is -0.457 e. The van der Waals surface area contributed by atoms with Crippen LogP contribution >= 0.6 is 0 Å². The molecule has 0 aliphatic heterocycles. The highest BCUT2D eigenvalue weighted by molar-refractivity contribution is 5.71. The van der Waals surface area contributed by atoms with Crippen LogP contribution in [0.15, 0.2) is 97.2 Å². The van der Waals surface area contributed by atoms with Crippen LogP contribution in [-0.2, 0) is 14.3 Å². The largest absolute Gasteiger partial charge is 0.457 e. The van der Waals surface area contributed by atoms with E-state index in [9.17, 15) is 9.90 Å². The van der Waals surface area contributed by atoms with E-state index in [0.29, 0.717) is 6.61 Å². The molecule has 0 aromatic heterocycles. The molecular weight excluding hydrogens is 508 g/mol. The minimum absolute atomic E-state index is 0.199. The number of aliphatic hydroxyl groups is 1. The Morgan fingerprint density at radius 1 is 0.585 bits per heavy atom. The van der Waals surface area contributed by atoms with Crippen LogP contribution in [0.25, 0.3) is 0 Å². The fraction of sp³-hybridized carbons (Fsp3) is 0.541. The Morgan fingerprint density at radius 2 is 1.02 bits per heavy atom. The lowest BCUT2D eigenvalue weighted by atomic mass is 10.1. The summed E-state index contributed by atoms with van der Waals surface area (Å²) in [5, 5.41) is 9.49. The fourth-order valence-corrected chi connectivity index (χ4v) is 3.65. The summed E-state index contributed by atoms with van der Waals surface area (Å²) in [6.07, 6.45) is 47.4. The number of unbranched alkanes of at least 4 members (excludes halogenated alkanes) is 4. The van der Waals surface area contributed by atoms with Gasteiger partial charge in [-0.15, -0.1) is 0 Å². The van der Waals surface area contributed by atoms with Crippen LogP contribution in [0.2, 0.25) is 0 Å². The van der Waals surface area contributed by atoms with Gasteiger partial charge in [-0.3, -0.25) is 4.79 Å². The van der Waals surface area contributed by atoms with Gasteiger partial charge in [0.05, 0.1) is 19.6 Å². The van der Waals surface area contributed by atoms with E-state index in [4.69, 9.17) is 9.47 Å². The molecule has 0 heterocycles. The first-order valence-electron chi connectivity index (χ1n) is 15.8. The average Bonchev–Trinajstić information content (AvgIpc) is 2.98. The van der Waals surface area contributed by atoms with Gasteiger partial charge in [-0.2, -0.15) is 0 Å². The van der Waals surface area contributed by atoms with Gasteiger partial charge in [0.25, 0.3) is 0 Å². The second-order valence-electron chi connectivity index (χ2n) is 9.78. The van der Waals surface area contributed by atoms with Gasteiger partial charge in [0.15, 0.2) is 0 Å². The first kappa shape index (κ1) is 38.3. The molecule has 0 rings (SSSR count). The predicted octanol–water partition coefficient (Wildman–Crippen LogP) is 9.86. The fourth-order valence-electron chi connectivity index (χ4n) is 3.65. The molecule has 0 radical (unpaired) electrons. The summed E-state index contributed by atoms with van der Waals surface area (Å²) in [4.78, 5) is 12.0. The maximum atomic E-state index is 12.0. The van der Waals surface area contributed by atoms with E-state index < -0.39 is 6.10 Å². The van der Waals surface area contributed by atoms with E-state index in [0.717, 1.165) is 70.6 Å². The van der Waals surface area contributed by atoms with Crippen molar-refractivity contribution in [2.75, 3.05) is 19.8 Å². The molecule has 0 saturated heterocycles. The Morgan fingerprint density at radius 3 is 1.51 bits per heavy atom. The number of hydrogen-bond donors (Lipinski definition) is 1. The van der Waals surface area contributed by atoms with Crippen LogP contribution in [0.1, 0.15) is 104 Å². The zero-order valence-corrected chi connectivity index (χ0v) is 26.0. The summed E-state index contributed by atoms with van der Waals surface area (Å²) in [5.41, 5.74) is 0. The number of aliphatic hydroxyl groups excluding tert-OH is 1. The zero-order chi connectivity index (χ0) is 29.9. The molecule has 41 heavy (non-hydrogen) atoms. The molecule has 0 aliphatic rings. The molecule has 1 atom stereocenters. The summed E-state index contributed by atoms with van der Waals surface area (Å²) in [7, 11) is 0. The number of ether oxygens (including phenoxy) is 2. The van der Waals surface area contributed by atoms with Crippen molar-refractivity contribution in [1.29, 1.82) is 0 Å². The number of hydrogen-bond acceptors (Lipinski definition) is 4. The smallest absolute Gasteiger partial charge is 0.310 e. The van der Waals surface area contributed by atoms with E-state index in [1.807, 2.05) is 12.2 Å². The van der Waals surface area contributed by atoms with Crippen LogP contribution in [0.3, 0.4) is 0 Å². The minimum atomic E-state index is -0.605. The third kappa shape index (κ3) is 31.7. The number of rotatable bonds is 27. The van der Waals surface area contributed by atoms with Gasteiger partial charge in [-0.1, -0.05) is 124 Å². The van der Waals surface area contributed by atoms with Gasteiger partial charge >= 0.3 is 5.97 Å². The van der Waals surface area contributed by atoms with Gasteiger partial charge < -0.3 is 14.6 Å². The molecule has 0 aromatic rings. The molecule has 1 N–H and O–H groups in total. The molecule has 0 fully saturated rings. The lowest BCUT2D eigenvalue weighted by Gasteiger charge is -2.15.